The molecule has 7 nitrogen and oxygen atoms in total. The molecule has 0 radical (unpaired) electrons. The maximum absolute atomic E-state index is 12.5. The van der Waals surface area contributed by atoms with E-state index in [-0.39, 0.29) is 16.8 Å². The van der Waals surface area contributed by atoms with E-state index in [1.54, 1.807) is 0 Å². The summed E-state index contributed by atoms with van der Waals surface area (Å²) in [6.45, 7) is 0.758. The van der Waals surface area contributed by atoms with E-state index < -0.39 is 16.7 Å². The molecule has 0 saturated carbocycles. The number of nitrogens with one attached hydrogen (secondary N) is 2. The summed E-state index contributed by atoms with van der Waals surface area (Å²) < 4.78 is 0. The van der Waals surface area contributed by atoms with E-state index in [9.17, 15) is 19.7 Å². The van der Waals surface area contributed by atoms with Crippen LogP contribution in [0.5, 0.6) is 0 Å². The second-order valence-electron chi connectivity index (χ2n) is 7.01. The molecule has 158 valence electrons. The van der Waals surface area contributed by atoms with E-state index in [2.05, 4.69) is 10.6 Å². The number of carbonyl (C=O) groups excluding carboxylic acids is 2. The van der Waals surface area contributed by atoms with Gasteiger partial charge in [-0.2, -0.15) is 0 Å². The second-order valence-corrected chi connectivity index (χ2v) is 7.01. The molecule has 7 heteroatoms. The summed E-state index contributed by atoms with van der Waals surface area (Å²) in [6, 6.07) is 23.1. The standard InChI is InChI=1S/C24H23N3O4/c28-23(25-13-11-18-7-3-1-4-8-18)20-15-21(17-22(16-20)27(30)31)24(29)26-14-12-19-9-5-2-6-10-19/h1-10,15-17H,11-14H2,(H,25,28)(H,26,29). The summed E-state index contributed by atoms with van der Waals surface area (Å²) in [5.74, 6) is -0.920. The highest BCUT2D eigenvalue weighted by atomic mass is 16.6. The molecule has 0 aliphatic heterocycles. The van der Waals surface area contributed by atoms with Crippen molar-refractivity contribution in [2.45, 2.75) is 12.8 Å². The van der Waals surface area contributed by atoms with Crippen molar-refractivity contribution in [2.75, 3.05) is 13.1 Å². The SMILES string of the molecule is O=C(NCCc1ccccc1)c1cc(C(=O)NCCc2ccccc2)cc([N+](=O)[O-])c1. The first-order chi connectivity index (χ1) is 15.0. The quantitative estimate of drug-likeness (QED) is 0.411. The molecule has 0 aromatic heterocycles. The molecule has 0 unspecified atom stereocenters. The van der Waals surface area contributed by atoms with Crippen LogP contribution in [0.3, 0.4) is 0 Å². The number of hydrogen-bond donors (Lipinski definition) is 2. The van der Waals surface area contributed by atoms with Gasteiger partial charge in [-0.1, -0.05) is 60.7 Å². The minimum absolute atomic E-state index is 0.0791. The number of hydrogen-bond acceptors (Lipinski definition) is 4. The molecule has 3 aromatic rings. The van der Waals surface area contributed by atoms with Crippen LogP contribution < -0.4 is 10.6 Å². The zero-order valence-corrected chi connectivity index (χ0v) is 16.9. The third-order valence-corrected chi connectivity index (χ3v) is 4.74. The van der Waals surface area contributed by atoms with Gasteiger partial charge in [0.2, 0.25) is 0 Å². The summed E-state index contributed by atoms with van der Waals surface area (Å²) in [4.78, 5) is 35.7. The van der Waals surface area contributed by atoms with E-state index in [0.717, 1.165) is 11.1 Å². The van der Waals surface area contributed by atoms with E-state index in [0.29, 0.717) is 25.9 Å². The average molecular weight is 417 g/mol. The van der Waals surface area contributed by atoms with Crippen LogP contribution in [0.25, 0.3) is 0 Å². The average Bonchev–Trinajstić information content (AvgIpc) is 2.80. The van der Waals surface area contributed by atoms with Crippen molar-refractivity contribution < 1.29 is 14.5 Å². The predicted molar refractivity (Wildman–Crippen MR) is 118 cm³/mol. The van der Waals surface area contributed by atoms with Crippen LogP contribution in [-0.2, 0) is 12.8 Å². The molecule has 0 aliphatic carbocycles. The highest BCUT2D eigenvalue weighted by Crippen LogP contribution is 2.17. The Morgan fingerprint density at radius 1 is 0.710 bits per heavy atom. The summed E-state index contributed by atoms with van der Waals surface area (Å²) >= 11 is 0. The van der Waals surface area contributed by atoms with Crippen molar-refractivity contribution >= 4 is 17.5 Å². The van der Waals surface area contributed by atoms with Gasteiger partial charge >= 0.3 is 0 Å². The molecule has 0 saturated heterocycles. The second kappa shape index (κ2) is 10.7. The van der Waals surface area contributed by atoms with Crippen molar-refractivity contribution in [2.24, 2.45) is 0 Å². The maximum Gasteiger partial charge on any atom is 0.271 e. The summed E-state index contributed by atoms with van der Waals surface area (Å²) in [7, 11) is 0. The highest BCUT2D eigenvalue weighted by Gasteiger charge is 2.18. The molecule has 0 atom stereocenters. The smallest absolute Gasteiger partial charge is 0.271 e. The molecule has 0 spiro atoms. The lowest BCUT2D eigenvalue weighted by molar-refractivity contribution is -0.384. The van der Waals surface area contributed by atoms with Gasteiger partial charge in [0.25, 0.3) is 17.5 Å². The van der Waals surface area contributed by atoms with Crippen LogP contribution in [0.15, 0.2) is 78.9 Å². The van der Waals surface area contributed by atoms with E-state index in [4.69, 9.17) is 0 Å². The highest BCUT2D eigenvalue weighted by molar-refractivity contribution is 6.00. The van der Waals surface area contributed by atoms with Gasteiger partial charge < -0.3 is 10.6 Å². The minimum atomic E-state index is -0.610. The first-order valence-electron chi connectivity index (χ1n) is 9.96. The number of non-ortho nitro benzene ring substituents is 1. The Hall–Kier alpha value is -4.00. The zero-order valence-electron chi connectivity index (χ0n) is 16.9. The van der Waals surface area contributed by atoms with Gasteiger partial charge in [-0.3, -0.25) is 19.7 Å². The molecule has 0 heterocycles. The number of benzene rings is 3. The van der Waals surface area contributed by atoms with E-state index in [1.165, 1.54) is 18.2 Å². The van der Waals surface area contributed by atoms with Crippen molar-refractivity contribution in [1.82, 2.24) is 10.6 Å². The van der Waals surface area contributed by atoms with Crippen LogP contribution in [0, 0.1) is 10.1 Å². The van der Waals surface area contributed by atoms with Crippen molar-refractivity contribution in [3.05, 3.63) is 111 Å². The number of nitro benzene ring substituents is 1. The van der Waals surface area contributed by atoms with Crippen molar-refractivity contribution in [1.29, 1.82) is 0 Å². The molecule has 2 amide bonds. The molecular formula is C24H23N3O4. The lowest BCUT2D eigenvalue weighted by Crippen LogP contribution is -2.28. The number of amides is 2. The first-order valence-corrected chi connectivity index (χ1v) is 9.96. The lowest BCUT2D eigenvalue weighted by atomic mass is 10.1. The van der Waals surface area contributed by atoms with Crippen LogP contribution in [0.1, 0.15) is 31.8 Å². The Labute approximate surface area is 180 Å². The zero-order chi connectivity index (χ0) is 22.1. The Bertz CT molecular complexity index is 977. The summed E-state index contributed by atoms with van der Waals surface area (Å²) in [6.07, 6.45) is 1.27. The van der Waals surface area contributed by atoms with Gasteiger partial charge in [0.05, 0.1) is 4.92 Å². The normalized spacial score (nSPS) is 10.3. The van der Waals surface area contributed by atoms with Crippen molar-refractivity contribution in [3.63, 3.8) is 0 Å². The van der Waals surface area contributed by atoms with Gasteiger partial charge in [0, 0.05) is 36.3 Å². The third kappa shape index (κ3) is 6.50. The Balaban J connectivity index is 1.64. The molecular weight excluding hydrogens is 394 g/mol. The number of carbonyl (C=O) groups is 2. The van der Waals surface area contributed by atoms with Crippen molar-refractivity contribution in [3.8, 4) is 0 Å². The summed E-state index contributed by atoms with van der Waals surface area (Å²) in [5.41, 5.74) is 2.00. The fourth-order valence-electron chi connectivity index (χ4n) is 3.11. The van der Waals surface area contributed by atoms with E-state index in [1.807, 2.05) is 60.7 Å². The van der Waals surface area contributed by atoms with Gasteiger partial charge in [-0.25, -0.2) is 0 Å². The molecule has 0 fully saturated rings. The third-order valence-electron chi connectivity index (χ3n) is 4.74. The Kier molecular flexibility index (Phi) is 7.48. The Morgan fingerprint density at radius 3 is 1.52 bits per heavy atom. The molecule has 3 rings (SSSR count). The number of rotatable bonds is 9. The number of nitro groups is 1. The van der Waals surface area contributed by atoms with Crippen LogP contribution in [0.2, 0.25) is 0 Å². The lowest BCUT2D eigenvalue weighted by Gasteiger charge is -2.09. The molecule has 3 aromatic carbocycles. The van der Waals surface area contributed by atoms with E-state index >= 15 is 0 Å². The van der Waals surface area contributed by atoms with Crippen LogP contribution in [-0.4, -0.2) is 29.8 Å². The topological polar surface area (TPSA) is 101 Å². The Morgan fingerprint density at radius 2 is 1.13 bits per heavy atom. The van der Waals surface area contributed by atoms with Gasteiger partial charge in [-0.15, -0.1) is 0 Å². The summed E-state index contributed by atoms with van der Waals surface area (Å²) in [5, 5.41) is 16.8. The minimum Gasteiger partial charge on any atom is -0.352 e. The monoisotopic (exact) mass is 417 g/mol. The van der Waals surface area contributed by atoms with Gasteiger partial charge in [-0.05, 0) is 30.0 Å². The molecule has 0 bridgehead atoms. The first kappa shape index (κ1) is 21.7. The van der Waals surface area contributed by atoms with Crippen LogP contribution in [0.4, 0.5) is 5.69 Å². The predicted octanol–water partition coefficient (Wildman–Crippen LogP) is 3.54. The molecule has 0 aliphatic rings. The fourth-order valence-corrected chi connectivity index (χ4v) is 3.11. The molecule has 31 heavy (non-hydrogen) atoms. The maximum atomic E-state index is 12.5. The fraction of sp³-hybridized carbons (Fsp3) is 0.167. The van der Waals surface area contributed by atoms with Gasteiger partial charge in [0.15, 0.2) is 0 Å². The molecule has 2 N–H and O–H groups in total. The number of nitrogens with zero attached hydrogens (tertiary/aromatic N) is 1. The van der Waals surface area contributed by atoms with Gasteiger partial charge in [0.1, 0.15) is 0 Å². The largest absolute Gasteiger partial charge is 0.352 e. The van der Waals surface area contributed by atoms with Crippen LogP contribution >= 0.6 is 0 Å².